The van der Waals surface area contributed by atoms with Gasteiger partial charge in [-0.1, -0.05) is 33.0 Å². The maximum Gasteiger partial charge on any atom is 0.116 e. The van der Waals surface area contributed by atoms with Gasteiger partial charge in [-0.3, -0.25) is 0 Å². The Kier molecular flexibility index (Phi) is 3.23. The average Bonchev–Trinajstić information content (AvgIpc) is 1.86. The third kappa shape index (κ3) is 2.51. The molecule has 0 saturated heterocycles. The van der Waals surface area contributed by atoms with E-state index in [4.69, 9.17) is 16.7 Å². The van der Waals surface area contributed by atoms with Crippen molar-refractivity contribution in [3.63, 3.8) is 0 Å². The van der Waals surface area contributed by atoms with Crippen LogP contribution in [0.15, 0.2) is 11.3 Å². The monoisotopic (exact) mass is 183 g/mol. The summed E-state index contributed by atoms with van der Waals surface area (Å²) in [5, 5.41) is 8.67. The highest BCUT2D eigenvalue weighted by molar-refractivity contribution is 7.80. The van der Waals surface area contributed by atoms with Crippen molar-refractivity contribution >= 4 is 17.2 Å². The number of nitrogens with zero attached hydrogens (tertiary/aromatic N) is 1. The van der Waals surface area contributed by atoms with Crippen LogP contribution in [0.3, 0.4) is 0 Å². The lowest BCUT2D eigenvalue weighted by Crippen LogP contribution is -2.24. The van der Waals surface area contributed by atoms with Crippen LogP contribution in [0.4, 0.5) is 0 Å². The summed E-state index contributed by atoms with van der Waals surface area (Å²) in [7, 11) is 0. The molecular weight excluding hydrogens is 170 g/mol. The SMILES string of the molecule is CC(C)(C)C(N)=C(C#N)C(N)=S. The highest BCUT2D eigenvalue weighted by Gasteiger charge is 2.19. The predicted molar refractivity (Wildman–Crippen MR) is 53.1 cm³/mol. The third-order valence-electron chi connectivity index (χ3n) is 1.44. The second-order valence-electron chi connectivity index (χ2n) is 3.51. The van der Waals surface area contributed by atoms with Crippen LogP contribution in [-0.2, 0) is 0 Å². The second kappa shape index (κ2) is 3.55. The standard InChI is InChI=1S/C8H13N3S/c1-8(2,3)6(10)5(4-9)7(11)12/h10H2,1-3H3,(H2,11,12). The van der Waals surface area contributed by atoms with Crippen molar-refractivity contribution in [1.29, 1.82) is 5.26 Å². The van der Waals surface area contributed by atoms with Gasteiger partial charge in [-0.15, -0.1) is 0 Å². The fraction of sp³-hybridized carbons (Fsp3) is 0.500. The van der Waals surface area contributed by atoms with Gasteiger partial charge in [0.2, 0.25) is 0 Å². The molecule has 0 saturated carbocycles. The maximum absolute atomic E-state index is 8.67. The van der Waals surface area contributed by atoms with Crippen molar-refractivity contribution < 1.29 is 0 Å². The molecule has 3 nitrogen and oxygen atoms in total. The van der Waals surface area contributed by atoms with Gasteiger partial charge < -0.3 is 11.5 Å². The van der Waals surface area contributed by atoms with Crippen LogP contribution < -0.4 is 11.5 Å². The topological polar surface area (TPSA) is 75.8 Å². The van der Waals surface area contributed by atoms with E-state index in [1.54, 1.807) is 0 Å². The first-order chi connectivity index (χ1) is 5.30. The first kappa shape index (κ1) is 10.9. The molecule has 0 amide bonds. The summed E-state index contributed by atoms with van der Waals surface area (Å²) in [6, 6.07) is 1.90. The molecule has 0 aromatic rings. The van der Waals surface area contributed by atoms with E-state index in [0.717, 1.165) is 0 Å². The molecule has 0 aliphatic carbocycles. The Balaban J connectivity index is 5.17. The van der Waals surface area contributed by atoms with Gasteiger partial charge in [0.05, 0.1) is 0 Å². The molecule has 0 unspecified atom stereocenters. The predicted octanol–water partition coefficient (Wildman–Crippen LogP) is 1.05. The largest absolute Gasteiger partial charge is 0.400 e. The molecule has 0 aliphatic heterocycles. The summed E-state index contributed by atoms with van der Waals surface area (Å²) < 4.78 is 0. The lowest BCUT2D eigenvalue weighted by atomic mass is 9.89. The maximum atomic E-state index is 8.67. The van der Waals surface area contributed by atoms with Gasteiger partial charge >= 0.3 is 0 Å². The molecule has 0 radical (unpaired) electrons. The van der Waals surface area contributed by atoms with Crippen molar-refractivity contribution in [2.75, 3.05) is 0 Å². The molecule has 0 aromatic carbocycles. The number of nitriles is 1. The summed E-state index contributed by atoms with van der Waals surface area (Å²) in [6.45, 7) is 5.70. The Bertz CT molecular complexity index is 265. The van der Waals surface area contributed by atoms with E-state index in [9.17, 15) is 0 Å². The number of hydrogen-bond donors (Lipinski definition) is 2. The molecule has 4 heteroatoms. The summed E-state index contributed by atoms with van der Waals surface area (Å²) in [5.41, 5.74) is 11.4. The van der Waals surface area contributed by atoms with Crippen molar-refractivity contribution in [2.45, 2.75) is 20.8 Å². The van der Waals surface area contributed by atoms with Gasteiger partial charge in [0, 0.05) is 11.1 Å². The molecule has 0 spiro atoms. The van der Waals surface area contributed by atoms with Gasteiger partial charge in [-0.25, -0.2) is 0 Å². The quantitative estimate of drug-likeness (QED) is 0.362. The summed E-state index contributed by atoms with van der Waals surface area (Å²) in [5.74, 6) is 0. The summed E-state index contributed by atoms with van der Waals surface area (Å²) in [6.07, 6.45) is 0. The van der Waals surface area contributed by atoms with Crippen LogP contribution in [-0.4, -0.2) is 4.99 Å². The number of hydrogen-bond acceptors (Lipinski definition) is 3. The lowest BCUT2D eigenvalue weighted by Gasteiger charge is -2.20. The lowest BCUT2D eigenvalue weighted by molar-refractivity contribution is 0.496. The van der Waals surface area contributed by atoms with Gasteiger partial charge in [-0.2, -0.15) is 5.26 Å². The van der Waals surface area contributed by atoms with Gasteiger partial charge in [-0.05, 0) is 0 Å². The van der Waals surface area contributed by atoms with E-state index in [0.29, 0.717) is 5.70 Å². The molecule has 4 N–H and O–H groups in total. The Morgan fingerprint density at radius 3 is 1.83 bits per heavy atom. The molecule has 0 aliphatic rings. The fourth-order valence-corrected chi connectivity index (χ4v) is 0.779. The Labute approximate surface area is 78.0 Å². The van der Waals surface area contributed by atoms with E-state index in [1.165, 1.54) is 0 Å². The summed E-state index contributed by atoms with van der Waals surface area (Å²) in [4.78, 5) is 0.0601. The molecule has 12 heavy (non-hydrogen) atoms. The fourth-order valence-electron chi connectivity index (χ4n) is 0.623. The molecule has 0 heterocycles. The van der Waals surface area contributed by atoms with Crippen molar-refractivity contribution in [3.8, 4) is 6.07 Å². The van der Waals surface area contributed by atoms with Crippen LogP contribution in [0.25, 0.3) is 0 Å². The van der Waals surface area contributed by atoms with E-state index < -0.39 is 0 Å². The highest BCUT2D eigenvalue weighted by Crippen LogP contribution is 2.23. The first-order valence-electron chi connectivity index (χ1n) is 3.51. The zero-order valence-corrected chi connectivity index (χ0v) is 8.33. The molecule has 66 valence electrons. The minimum absolute atomic E-state index is 0.0601. The molecule has 0 rings (SSSR count). The van der Waals surface area contributed by atoms with Gasteiger partial charge in [0.15, 0.2) is 0 Å². The van der Waals surface area contributed by atoms with Crippen molar-refractivity contribution in [3.05, 3.63) is 11.3 Å². The Morgan fingerprint density at radius 1 is 1.33 bits per heavy atom. The minimum Gasteiger partial charge on any atom is -0.400 e. The van der Waals surface area contributed by atoms with Crippen LogP contribution in [0.2, 0.25) is 0 Å². The molecule has 0 aromatic heterocycles. The summed E-state index contributed by atoms with van der Waals surface area (Å²) >= 11 is 4.68. The van der Waals surface area contributed by atoms with E-state index >= 15 is 0 Å². The molecule has 0 atom stereocenters. The minimum atomic E-state index is -0.269. The van der Waals surface area contributed by atoms with Crippen molar-refractivity contribution in [1.82, 2.24) is 0 Å². The van der Waals surface area contributed by atoms with E-state index in [-0.39, 0.29) is 16.0 Å². The zero-order valence-electron chi connectivity index (χ0n) is 7.51. The van der Waals surface area contributed by atoms with Gasteiger partial charge in [0.1, 0.15) is 16.6 Å². The van der Waals surface area contributed by atoms with Gasteiger partial charge in [0.25, 0.3) is 0 Å². The third-order valence-corrected chi connectivity index (χ3v) is 1.64. The molecule has 0 fully saturated rings. The second-order valence-corrected chi connectivity index (χ2v) is 3.95. The first-order valence-corrected chi connectivity index (χ1v) is 3.91. The van der Waals surface area contributed by atoms with Crippen LogP contribution in [0.5, 0.6) is 0 Å². The number of allylic oxidation sites excluding steroid dienone is 1. The van der Waals surface area contributed by atoms with Crippen LogP contribution >= 0.6 is 12.2 Å². The van der Waals surface area contributed by atoms with E-state index in [2.05, 4.69) is 12.2 Å². The number of thiocarbonyl (C=S) groups is 1. The zero-order chi connectivity index (χ0) is 9.94. The molecule has 0 bridgehead atoms. The Morgan fingerprint density at radius 2 is 1.75 bits per heavy atom. The van der Waals surface area contributed by atoms with Crippen LogP contribution in [0.1, 0.15) is 20.8 Å². The smallest absolute Gasteiger partial charge is 0.116 e. The Hall–Kier alpha value is -1.08. The highest BCUT2D eigenvalue weighted by atomic mass is 32.1. The molecular formula is C8H13N3S. The van der Waals surface area contributed by atoms with Crippen molar-refractivity contribution in [2.24, 2.45) is 16.9 Å². The average molecular weight is 183 g/mol. The number of nitrogens with two attached hydrogens (primary N) is 2. The van der Waals surface area contributed by atoms with Crippen LogP contribution in [0, 0.1) is 16.7 Å². The van der Waals surface area contributed by atoms with E-state index in [1.807, 2.05) is 26.8 Å². The number of rotatable bonds is 1. The normalized spacial score (nSPS) is 13.2.